The third-order valence-electron chi connectivity index (χ3n) is 2.48. The minimum absolute atomic E-state index is 0.179. The summed E-state index contributed by atoms with van der Waals surface area (Å²) in [7, 11) is 0. The predicted octanol–water partition coefficient (Wildman–Crippen LogP) is 2.11. The van der Waals surface area contributed by atoms with Crippen LogP contribution in [-0.4, -0.2) is 16.3 Å². The number of hydrogen-bond acceptors (Lipinski definition) is 3. The van der Waals surface area contributed by atoms with Crippen molar-refractivity contribution in [1.29, 1.82) is 0 Å². The van der Waals surface area contributed by atoms with E-state index in [1.807, 2.05) is 24.0 Å². The van der Waals surface area contributed by atoms with Crippen LogP contribution in [0.25, 0.3) is 0 Å². The fourth-order valence-electron chi connectivity index (χ4n) is 1.66. The van der Waals surface area contributed by atoms with Crippen molar-refractivity contribution in [2.75, 3.05) is 6.54 Å². The summed E-state index contributed by atoms with van der Waals surface area (Å²) >= 11 is 1.75. The van der Waals surface area contributed by atoms with E-state index in [9.17, 15) is 0 Å². The number of rotatable bonds is 3. The highest BCUT2D eigenvalue weighted by Crippen LogP contribution is 2.26. The molecule has 0 aliphatic carbocycles. The van der Waals surface area contributed by atoms with E-state index in [0.717, 1.165) is 0 Å². The Labute approximate surface area is 93.5 Å². The Kier molecular flexibility index (Phi) is 2.88. The van der Waals surface area contributed by atoms with Crippen LogP contribution in [0.5, 0.6) is 0 Å². The summed E-state index contributed by atoms with van der Waals surface area (Å²) < 4.78 is 1.95. The van der Waals surface area contributed by atoms with E-state index in [0.29, 0.717) is 6.54 Å². The van der Waals surface area contributed by atoms with Gasteiger partial charge in [-0.2, -0.15) is 5.10 Å². The molecule has 0 aromatic carbocycles. The summed E-state index contributed by atoms with van der Waals surface area (Å²) in [6, 6.07) is 2.30. The smallest absolute Gasteiger partial charge is 0.0984 e. The van der Waals surface area contributed by atoms with Gasteiger partial charge in [-0.1, -0.05) is 0 Å². The molecule has 0 saturated heterocycles. The zero-order valence-corrected chi connectivity index (χ0v) is 9.79. The second-order valence-electron chi connectivity index (χ2n) is 3.72. The summed E-state index contributed by atoms with van der Waals surface area (Å²) in [4.78, 5) is 1.31. The standard InChI is InChI=1S/C11H15N3S/c1-8-6-13-14(7-8)10(5-12)11-9(2)3-4-15-11/h3-4,6-7,10H,5,12H2,1-2H3. The predicted molar refractivity (Wildman–Crippen MR) is 63.2 cm³/mol. The maximum atomic E-state index is 5.82. The number of nitrogens with two attached hydrogens (primary N) is 1. The third kappa shape index (κ3) is 1.96. The van der Waals surface area contributed by atoms with Crippen LogP contribution in [-0.2, 0) is 0 Å². The fraction of sp³-hybridized carbons (Fsp3) is 0.364. The molecule has 0 radical (unpaired) electrons. The molecule has 0 saturated carbocycles. The number of aryl methyl sites for hydroxylation is 2. The van der Waals surface area contributed by atoms with Crippen molar-refractivity contribution in [1.82, 2.24) is 9.78 Å². The Balaban J connectivity index is 2.36. The van der Waals surface area contributed by atoms with Gasteiger partial charge in [-0.15, -0.1) is 11.3 Å². The molecule has 2 heterocycles. The van der Waals surface area contributed by atoms with E-state index in [1.165, 1.54) is 16.0 Å². The molecule has 2 N–H and O–H groups in total. The quantitative estimate of drug-likeness (QED) is 0.862. The van der Waals surface area contributed by atoms with Crippen LogP contribution in [0.3, 0.4) is 0 Å². The molecule has 0 aliphatic heterocycles. The second kappa shape index (κ2) is 4.16. The Bertz CT molecular complexity index is 444. The van der Waals surface area contributed by atoms with E-state index >= 15 is 0 Å². The van der Waals surface area contributed by atoms with Gasteiger partial charge in [0.15, 0.2) is 0 Å². The molecule has 2 aromatic heterocycles. The van der Waals surface area contributed by atoms with Crippen LogP contribution in [0.2, 0.25) is 0 Å². The van der Waals surface area contributed by atoms with Gasteiger partial charge in [0.05, 0.1) is 12.2 Å². The molecule has 1 atom stereocenters. The molecule has 0 spiro atoms. The van der Waals surface area contributed by atoms with Crippen LogP contribution in [0.15, 0.2) is 23.8 Å². The highest BCUT2D eigenvalue weighted by molar-refractivity contribution is 7.10. The van der Waals surface area contributed by atoms with Gasteiger partial charge in [-0.05, 0) is 36.4 Å². The van der Waals surface area contributed by atoms with Crippen molar-refractivity contribution in [3.05, 3.63) is 39.8 Å². The molecule has 4 heteroatoms. The lowest BCUT2D eigenvalue weighted by atomic mass is 10.2. The van der Waals surface area contributed by atoms with Crippen molar-refractivity contribution < 1.29 is 0 Å². The van der Waals surface area contributed by atoms with Crippen molar-refractivity contribution in [2.45, 2.75) is 19.9 Å². The number of nitrogens with zero attached hydrogens (tertiary/aromatic N) is 2. The first-order valence-electron chi connectivity index (χ1n) is 4.97. The number of aromatic nitrogens is 2. The second-order valence-corrected chi connectivity index (χ2v) is 4.66. The number of thiophene rings is 1. The van der Waals surface area contributed by atoms with Gasteiger partial charge in [-0.3, -0.25) is 4.68 Å². The largest absolute Gasteiger partial charge is 0.328 e. The van der Waals surface area contributed by atoms with Crippen molar-refractivity contribution >= 4 is 11.3 Å². The Hall–Kier alpha value is -1.13. The summed E-state index contributed by atoms with van der Waals surface area (Å²) in [5.41, 5.74) is 8.28. The van der Waals surface area contributed by atoms with E-state index in [-0.39, 0.29) is 6.04 Å². The molecule has 2 rings (SSSR count). The molecule has 80 valence electrons. The van der Waals surface area contributed by atoms with Crippen LogP contribution in [0, 0.1) is 13.8 Å². The van der Waals surface area contributed by atoms with Gasteiger partial charge in [-0.25, -0.2) is 0 Å². The molecule has 2 aromatic rings. The highest BCUT2D eigenvalue weighted by atomic mass is 32.1. The maximum Gasteiger partial charge on any atom is 0.0984 e. The van der Waals surface area contributed by atoms with Gasteiger partial charge in [0.25, 0.3) is 0 Å². The van der Waals surface area contributed by atoms with E-state index in [4.69, 9.17) is 5.73 Å². The lowest BCUT2D eigenvalue weighted by Crippen LogP contribution is -2.20. The van der Waals surface area contributed by atoms with Crippen LogP contribution in [0.4, 0.5) is 0 Å². The Morgan fingerprint density at radius 3 is 2.80 bits per heavy atom. The Morgan fingerprint density at radius 1 is 1.53 bits per heavy atom. The molecule has 0 aliphatic rings. The molecular weight excluding hydrogens is 206 g/mol. The van der Waals surface area contributed by atoms with Crippen molar-refractivity contribution in [2.24, 2.45) is 5.73 Å². The SMILES string of the molecule is Cc1cnn(C(CN)c2sccc2C)c1. The van der Waals surface area contributed by atoms with Crippen LogP contribution >= 0.6 is 11.3 Å². The average Bonchev–Trinajstić information content (AvgIpc) is 2.79. The van der Waals surface area contributed by atoms with E-state index < -0.39 is 0 Å². The van der Waals surface area contributed by atoms with Crippen LogP contribution in [0.1, 0.15) is 22.0 Å². The summed E-state index contributed by atoms with van der Waals surface area (Å²) in [5.74, 6) is 0. The number of hydrogen-bond donors (Lipinski definition) is 1. The van der Waals surface area contributed by atoms with Crippen molar-refractivity contribution in [3.8, 4) is 0 Å². The molecule has 0 fully saturated rings. The first-order valence-corrected chi connectivity index (χ1v) is 5.85. The molecule has 15 heavy (non-hydrogen) atoms. The molecule has 0 bridgehead atoms. The summed E-state index contributed by atoms with van der Waals surface area (Å²) in [6.07, 6.45) is 3.91. The van der Waals surface area contributed by atoms with Crippen LogP contribution < -0.4 is 5.73 Å². The highest BCUT2D eigenvalue weighted by Gasteiger charge is 2.15. The minimum atomic E-state index is 0.179. The molecule has 3 nitrogen and oxygen atoms in total. The first kappa shape index (κ1) is 10.4. The van der Waals surface area contributed by atoms with Gasteiger partial charge in [0.2, 0.25) is 0 Å². The van der Waals surface area contributed by atoms with Gasteiger partial charge in [0, 0.05) is 17.6 Å². The molecular formula is C11H15N3S. The maximum absolute atomic E-state index is 5.82. The monoisotopic (exact) mass is 221 g/mol. The Morgan fingerprint density at radius 2 is 2.33 bits per heavy atom. The van der Waals surface area contributed by atoms with E-state index in [1.54, 1.807) is 11.3 Å². The normalized spacial score (nSPS) is 13.0. The van der Waals surface area contributed by atoms with Gasteiger partial charge < -0.3 is 5.73 Å². The summed E-state index contributed by atoms with van der Waals surface area (Å²) in [6.45, 7) is 4.74. The third-order valence-corrected chi connectivity index (χ3v) is 3.60. The lowest BCUT2D eigenvalue weighted by molar-refractivity contribution is 0.537. The van der Waals surface area contributed by atoms with Gasteiger partial charge in [0.1, 0.15) is 0 Å². The minimum Gasteiger partial charge on any atom is -0.328 e. The van der Waals surface area contributed by atoms with Gasteiger partial charge >= 0.3 is 0 Å². The van der Waals surface area contributed by atoms with Crippen molar-refractivity contribution in [3.63, 3.8) is 0 Å². The summed E-state index contributed by atoms with van der Waals surface area (Å²) in [5, 5.41) is 6.43. The van der Waals surface area contributed by atoms with E-state index in [2.05, 4.69) is 23.5 Å². The molecule has 0 amide bonds. The first-order chi connectivity index (χ1) is 7.22. The topological polar surface area (TPSA) is 43.8 Å². The molecule has 1 unspecified atom stereocenters. The average molecular weight is 221 g/mol. The fourth-order valence-corrected chi connectivity index (χ4v) is 2.70. The lowest BCUT2D eigenvalue weighted by Gasteiger charge is -2.14. The zero-order chi connectivity index (χ0) is 10.8. The zero-order valence-electron chi connectivity index (χ0n) is 8.97.